The molecular weight excluding hydrogens is 154 g/mol. The zero-order valence-electron chi connectivity index (χ0n) is 8.24. The summed E-state index contributed by atoms with van der Waals surface area (Å²) in [5.41, 5.74) is 0.371. The van der Waals surface area contributed by atoms with E-state index in [0.29, 0.717) is 5.54 Å². The van der Waals surface area contributed by atoms with Crippen molar-refractivity contribution in [3.63, 3.8) is 0 Å². The van der Waals surface area contributed by atoms with Gasteiger partial charge in [-0.05, 0) is 26.0 Å². The van der Waals surface area contributed by atoms with Gasteiger partial charge in [-0.1, -0.05) is 13.8 Å². The molecule has 0 aromatic heterocycles. The second-order valence-electron chi connectivity index (χ2n) is 3.19. The minimum absolute atomic E-state index is 0.371. The molecular formula is C9H21NS. The van der Waals surface area contributed by atoms with Crippen LogP contribution in [0.5, 0.6) is 0 Å². The third kappa shape index (κ3) is 4.70. The smallest absolute Gasteiger partial charge is 0.0148 e. The Kier molecular flexibility index (Phi) is 6.06. The van der Waals surface area contributed by atoms with Gasteiger partial charge in [0.1, 0.15) is 0 Å². The molecule has 0 aliphatic rings. The van der Waals surface area contributed by atoms with E-state index in [1.165, 1.54) is 18.6 Å². The van der Waals surface area contributed by atoms with Crippen molar-refractivity contribution in [1.29, 1.82) is 0 Å². The first kappa shape index (κ1) is 11.3. The summed E-state index contributed by atoms with van der Waals surface area (Å²) in [6.07, 6.45) is 4.59. The largest absolute Gasteiger partial charge is 0.311 e. The van der Waals surface area contributed by atoms with Gasteiger partial charge in [0.2, 0.25) is 0 Å². The van der Waals surface area contributed by atoms with Crippen LogP contribution in [0.2, 0.25) is 0 Å². The summed E-state index contributed by atoms with van der Waals surface area (Å²) in [6.45, 7) is 7.93. The van der Waals surface area contributed by atoms with E-state index < -0.39 is 0 Å². The first-order chi connectivity index (χ1) is 5.18. The Bertz CT molecular complexity index is 89.6. The van der Waals surface area contributed by atoms with E-state index in [9.17, 15) is 0 Å². The molecule has 0 aromatic rings. The third-order valence-electron chi connectivity index (χ3n) is 2.42. The van der Waals surface area contributed by atoms with Crippen molar-refractivity contribution < 1.29 is 0 Å². The SMILES string of the molecule is CCC(C)(CC)NCCSC. The highest BCUT2D eigenvalue weighted by molar-refractivity contribution is 7.98. The molecule has 0 atom stereocenters. The molecule has 0 amide bonds. The monoisotopic (exact) mass is 175 g/mol. The highest BCUT2D eigenvalue weighted by Gasteiger charge is 2.17. The van der Waals surface area contributed by atoms with Gasteiger partial charge < -0.3 is 5.32 Å². The summed E-state index contributed by atoms with van der Waals surface area (Å²) in [6, 6.07) is 0. The minimum atomic E-state index is 0.371. The van der Waals surface area contributed by atoms with Crippen molar-refractivity contribution in [3.8, 4) is 0 Å². The summed E-state index contributed by atoms with van der Waals surface area (Å²) in [5, 5.41) is 3.58. The van der Waals surface area contributed by atoms with Crippen LogP contribution in [0.15, 0.2) is 0 Å². The molecule has 0 spiro atoms. The Morgan fingerprint density at radius 2 is 1.82 bits per heavy atom. The van der Waals surface area contributed by atoms with Crippen LogP contribution in [0, 0.1) is 0 Å². The molecule has 0 radical (unpaired) electrons. The fourth-order valence-corrected chi connectivity index (χ4v) is 1.26. The Hall–Kier alpha value is 0.310. The Balaban J connectivity index is 3.51. The minimum Gasteiger partial charge on any atom is -0.311 e. The highest BCUT2D eigenvalue weighted by atomic mass is 32.2. The van der Waals surface area contributed by atoms with Gasteiger partial charge in [-0.3, -0.25) is 0 Å². The standard InChI is InChI=1S/C9H21NS/c1-5-9(3,6-2)10-7-8-11-4/h10H,5-8H2,1-4H3. The van der Waals surface area contributed by atoms with Crippen LogP contribution in [-0.2, 0) is 0 Å². The first-order valence-electron chi connectivity index (χ1n) is 4.42. The van der Waals surface area contributed by atoms with Crippen molar-refractivity contribution in [2.45, 2.75) is 39.2 Å². The van der Waals surface area contributed by atoms with E-state index >= 15 is 0 Å². The molecule has 11 heavy (non-hydrogen) atoms. The summed E-state index contributed by atoms with van der Waals surface area (Å²) in [4.78, 5) is 0. The third-order valence-corrected chi connectivity index (χ3v) is 3.03. The topological polar surface area (TPSA) is 12.0 Å². The number of thioether (sulfide) groups is 1. The number of hydrogen-bond donors (Lipinski definition) is 1. The number of rotatable bonds is 6. The van der Waals surface area contributed by atoms with Crippen LogP contribution in [0.3, 0.4) is 0 Å². The lowest BCUT2D eigenvalue weighted by molar-refractivity contribution is 0.341. The molecule has 0 aromatic carbocycles. The lowest BCUT2D eigenvalue weighted by atomic mass is 9.96. The van der Waals surface area contributed by atoms with Crippen molar-refractivity contribution in [2.24, 2.45) is 0 Å². The van der Waals surface area contributed by atoms with Gasteiger partial charge >= 0.3 is 0 Å². The number of nitrogens with one attached hydrogen (secondary N) is 1. The van der Waals surface area contributed by atoms with E-state index in [4.69, 9.17) is 0 Å². The predicted octanol–water partition coefficient (Wildman–Crippen LogP) is 2.52. The summed E-state index contributed by atoms with van der Waals surface area (Å²) in [5.74, 6) is 1.22. The number of hydrogen-bond acceptors (Lipinski definition) is 2. The molecule has 2 heteroatoms. The average Bonchev–Trinajstić information content (AvgIpc) is 2.05. The first-order valence-corrected chi connectivity index (χ1v) is 5.82. The van der Waals surface area contributed by atoms with Crippen LogP contribution < -0.4 is 5.32 Å². The van der Waals surface area contributed by atoms with Gasteiger partial charge in [-0.2, -0.15) is 11.8 Å². The molecule has 0 bridgehead atoms. The quantitative estimate of drug-likeness (QED) is 0.623. The Morgan fingerprint density at radius 1 is 1.27 bits per heavy atom. The molecule has 0 saturated carbocycles. The molecule has 0 fully saturated rings. The van der Waals surface area contributed by atoms with Crippen LogP contribution in [-0.4, -0.2) is 24.1 Å². The van der Waals surface area contributed by atoms with Crippen LogP contribution in [0.25, 0.3) is 0 Å². The lowest BCUT2D eigenvalue weighted by Gasteiger charge is -2.28. The maximum atomic E-state index is 3.58. The Morgan fingerprint density at radius 3 is 2.18 bits per heavy atom. The van der Waals surface area contributed by atoms with Gasteiger partial charge in [-0.25, -0.2) is 0 Å². The zero-order chi connectivity index (χ0) is 8.74. The van der Waals surface area contributed by atoms with Gasteiger partial charge in [0.25, 0.3) is 0 Å². The summed E-state index contributed by atoms with van der Waals surface area (Å²) < 4.78 is 0. The van der Waals surface area contributed by atoms with Gasteiger partial charge in [-0.15, -0.1) is 0 Å². The van der Waals surface area contributed by atoms with E-state index in [1.807, 2.05) is 11.8 Å². The maximum Gasteiger partial charge on any atom is 0.0148 e. The van der Waals surface area contributed by atoms with E-state index in [1.54, 1.807) is 0 Å². The van der Waals surface area contributed by atoms with Crippen LogP contribution in [0.1, 0.15) is 33.6 Å². The molecule has 0 rings (SSSR count). The molecule has 0 saturated heterocycles. The molecule has 1 N–H and O–H groups in total. The van der Waals surface area contributed by atoms with Crippen molar-refractivity contribution >= 4 is 11.8 Å². The fraction of sp³-hybridized carbons (Fsp3) is 1.00. The summed E-state index contributed by atoms with van der Waals surface area (Å²) in [7, 11) is 0. The van der Waals surface area contributed by atoms with E-state index in [-0.39, 0.29) is 0 Å². The molecule has 0 aliphatic carbocycles. The predicted molar refractivity (Wildman–Crippen MR) is 55.4 cm³/mol. The average molecular weight is 175 g/mol. The van der Waals surface area contributed by atoms with Crippen molar-refractivity contribution in [1.82, 2.24) is 5.32 Å². The molecule has 0 aliphatic heterocycles. The highest BCUT2D eigenvalue weighted by Crippen LogP contribution is 2.12. The zero-order valence-corrected chi connectivity index (χ0v) is 9.05. The molecule has 0 heterocycles. The van der Waals surface area contributed by atoms with Gasteiger partial charge in [0.05, 0.1) is 0 Å². The normalized spacial score (nSPS) is 12.0. The van der Waals surface area contributed by atoms with E-state index in [2.05, 4.69) is 32.3 Å². The second kappa shape index (κ2) is 5.90. The fourth-order valence-electron chi connectivity index (χ4n) is 0.955. The Labute approximate surface area is 75.3 Å². The lowest BCUT2D eigenvalue weighted by Crippen LogP contribution is -2.42. The molecule has 68 valence electrons. The molecule has 1 nitrogen and oxygen atoms in total. The maximum absolute atomic E-state index is 3.58. The second-order valence-corrected chi connectivity index (χ2v) is 4.17. The van der Waals surface area contributed by atoms with Gasteiger partial charge in [0, 0.05) is 17.8 Å². The summed E-state index contributed by atoms with van der Waals surface area (Å²) >= 11 is 1.90. The molecule has 0 unspecified atom stereocenters. The van der Waals surface area contributed by atoms with Crippen molar-refractivity contribution in [2.75, 3.05) is 18.6 Å². The van der Waals surface area contributed by atoms with Crippen LogP contribution in [0.4, 0.5) is 0 Å². The van der Waals surface area contributed by atoms with Crippen molar-refractivity contribution in [3.05, 3.63) is 0 Å². The van der Waals surface area contributed by atoms with E-state index in [0.717, 1.165) is 6.54 Å². The van der Waals surface area contributed by atoms with Gasteiger partial charge in [0.15, 0.2) is 0 Å². The van der Waals surface area contributed by atoms with Crippen LogP contribution >= 0.6 is 11.8 Å².